The van der Waals surface area contributed by atoms with Gasteiger partial charge in [-0.2, -0.15) is 5.10 Å². The van der Waals surface area contributed by atoms with Gasteiger partial charge in [0.2, 0.25) is 5.91 Å². The van der Waals surface area contributed by atoms with Crippen LogP contribution in [0.4, 0.5) is 5.82 Å². The summed E-state index contributed by atoms with van der Waals surface area (Å²) in [6, 6.07) is 10.1. The van der Waals surface area contributed by atoms with Crippen molar-refractivity contribution in [1.82, 2.24) is 14.7 Å². The smallest absolute Gasteiger partial charge is 0.239 e. The topological polar surface area (TPSA) is 70.4 Å². The number of hydrogen-bond donors (Lipinski definition) is 2. The molecule has 25 heavy (non-hydrogen) atoms. The minimum atomic E-state index is -0.405. The molecule has 0 unspecified atom stereocenters. The highest BCUT2D eigenvalue weighted by Gasteiger charge is 2.31. The Morgan fingerprint density at radius 1 is 1.32 bits per heavy atom. The summed E-state index contributed by atoms with van der Waals surface area (Å²) in [7, 11) is 1.81. The van der Waals surface area contributed by atoms with E-state index in [0.29, 0.717) is 5.82 Å². The first-order valence-electron chi connectivity index (χ1n) is 8.78. The van der Waals surface area contributed by atoms with Crippen LogP contribution >= 0.6 is 0 Å². The molecule has 1 aliphatic heterocycles. The summed E-state index contributed by atoms with van der Waals surface area (Å²) in [5, 5.41) is 17.5. The molecule has 1 aromatic carbocycles. The van der Waals surface area contributed by atoms with Gasteiger partial charge in [0, 0.05) is 25.4 Å². The van der Waals surface area contributed by atoms with Crippen LogP contribution in [0.25, 0.3) is 0 Å². The SMILES string of the molecule is Cc1ccc(C[C@H]2[C@@H](O)CCCN2CC(=O)Nc2ccn(C)n2)cc1. The van der Waals surface area contributed by atoms with E-state index in [-0.39, 0.29) is 18.5 Å². The Bertz CT molecular complexity index is 710. The molecular weight excluding hydrogens is 316 g/mol. The average molecular weight is 342 g/mol. The number of rotatable bonds is 5. The van der Waals surface area contributed by atoms with Gasteiger partial charge in [0.05, 0.1) is 12.6 Å². The summed E-state index contributed by atoms with van der Waals surface area (Å²) in [5.41, 5.74) is 2.41. The Kier molecular flexibility index (Phi) is 5.50. The number of aryl methyl sites for hydroxylation is 2. The molecule has 0 saturated carbocycles. The zero-order valence-electron chi connectivity index (χ0n) is 14.9. The number of aliphatic hydroxyl groups excluding tert-OH is 1. The number of carbonyl (C=O) groups excluding carboxylic acids is 1. The number of aromatic nitrogens is 2. The van der Waals surface area contributed by atoms with Crippen molar-refractivity contribution < 1.29 is 9.90 Å². The molecule has 1 amide bonds. The van der Waals surface area contributed by atoms with E-state index in [2.05, 4.69) is 46.5 Å². The second-order valence-electron chi connectivity index (χ2n) is 6.86. The number of hydrogen-bond acceptors (Lipinski definition) is 4. The molecular formula is C19H26N4O2. The number of carbonyl (C=O) groups is 1. The van der Waals surface area contributed by atoms with Crippen molar-refractivity contribution in [2.45, 2.75) is 38.3 Å². The highest BCUT2D eigenvalue weighted by molar-refractivity contribution is 5.91. The number of aliphatic hydroxyl groups is 1. The molecule has 6 heteroatoms. The molecule has 0 bridgehead atoms. The van der Waals surface area contributed by atoms with Crippen LogP contribution in [0.2, 0.25) is 0 Å². The number of amides is 1. The van der Waals surface area contributed by atoms with Crippen LogP contribution in [-0.4, -0.2) is 50.9 Å². The Labute approximate surface area is 148 Å². The lowest BCUT2D eigenvalue weighted by Crippen LogP contribution is -2.51. The average Bonchev–Trinajstić information content (AvgIpc) is 2.97. The van der Waals surface area contributed by atoms with Gasteiger partial charge in [-0.15, -0.1) is 0 Å². The third-order valence-electron chi connectivity index (χ3n) is 4.75. The highest BCUT2D eigenvalue weighted by Crippen LogP contribution is 2.21. The normalized spacial score (nSPS) is 21.2. The van der Waals surface area contributed by atoms with Gasteiger partial charge in [-0.05, 0) is 38.3 Å². The molecule has 134 valence electrons. The van der Waals surface area contributed by atoms with E-state index in [4.69, 9.17) is 0 Å². The Hall–Kier alpha value is -2.18. The largest absolute Gasteiger partial charge is 0.391 e. The van der Waals surface area contributed by atoms with Gasteiger partial charge >= 0.3 is 0 Å². The predicted molar refractivity (Wildman–Crippen MR) is 97.3 cm³/mol. The van der Waals surface area contributed by atoms with Gasteiger partial charge in [0.15, 0.2) is 5.82 Å². The van der Waals surface area contributed by atoms with Crippen molar-refractivity contribution in [3.8, 4) is 0 Å². The highest BCUT2D eigenvalue weighted by atomic mass is 16.3. The number of benzene rings is 1. The lowest BCUT2D eigenvalue weighted by atomic mass is 9.92. The molecule has 1 fully saturated rings. The monoisotopic (exact) mass is 342 g/mol. The third kappa shape index (κ3) is 4.67. The van der Waals surface area contributed by atoms with E-state index in [9.17, 15) is 9.90 Å². The van der Waals surface area contributed by atoms with E-state index >= 15 is 0 Å². The fourth-order valence-electron chi connectivity index (χ4n) is 3.38. The maximum atomic E-state index is 12.4. The standard InChI is InChI=1S/C19H26N4O2/c1-14-5-7-15(8-6-14)12-16-17(24)4-3-10-23(16)13-19(25)20-18-9-11-22(2)21-18/h5-9,11,16-17,24H,3-4,10,12-13H2,1-2H3,(H,20,21,25)/t16-,17-/m0/s1. The van der Waals surface area contributed by atoms with Crippen LogP contribution in [0.3, 0.4) is 0 Å². The minimum Gasteiger partial charge on any atom is -0.391 e. The zero-order chi connectivity index (χ0) is 17.8. The van der Waals surface area contributed by atoms with E-state index < -0.39 is 6.10 Å². The van der Waals surface area contributed by atoms with Gasteiger partial charge in [0.25, 0.3) is 0 Å². The van der Waals surface area contributed by atoms with Gasteiger partial charge < -0.3 is 10.4 Å². The number of likely N-dealkylation sites (tertiary alicyclic amines) is 1. The Morgan fingerprint density at radius 3 is 2.76 bits per heavy atom. The molecule has 6 nitrogen and oxygen atoms in total. The predicted octanol–water partition coefficient (Wildman–Crippen LogP) is 1.74. The van der Waals surface area contributed by atoms with Crippen molar-refractivity contribution in [3.05, 3.63) is 47.7 Å². The second-order valence-corrected chi connectivity index (χ2v) is 6.86. The summed E-state index contributed by atoms with van der Waals surface area (Å²) in [6.45, 7) is 3.15. The van der Waals surface area contributed by atoms with Crippen LogP contribution in [0.15, 0.2) is 36.5 Å². The molecule has 1 aliphatic rings. The van der Waals surface area contributed by atoms with Crippen LogP contribution in [0.1, 0.15) is 24.0 Å². The Balaban J connectivity index is 1.64. The molecule has 0 aliphatic carbocycles. The Morgan fingerprint density at radius 2 is 2.08 bits per heavy atom. The summed E-state index contributed by atoms with van der Waals surface area (Å²) >= 11 is 0. The van der Waals surface area contributed by atoms with Crippen LogP contribution in [0, 0.1) is 6.92 Å². The van der Waals surface area contributed by atoms with E-state index in [1.165, 1.54) is 11.1 Å². The maximum Gasteiger partial charge on any atom is 0.239 e. The van der Waals surface area contributed by atoms with Gasteiger partial charge in [-0.1, -0.05) is 29.8 Å². The molecule has 2 heterocycles. The van der Waals surface area contributed by atoms with Crippen molar-refractivity contribution in [3.63, 3.8) is 0 Å². The van der Waals surface area contributed by atoms with Gasteiger partial charge in [-0.3, -0.25) is 14.4 Å². The van der Waals surface area contributed by atoms with Crippen LogP contribution < -0.4 is 5.32 Å². The molecule has 0 radical (unpaired) electrons. The molecule has 3 rings (SSSR count). The summed E-state index contributed by atoms with van der Waals surface area (Å²) in [5.74, 6) is 0.460. The van der Waals surface area contributed by atoms with Crippen molar-refractivity contribution in [2.24, 2.45) is 7.05 Å². The third-order valence-corrected chi connectivity index (χ3v) is 4.75. The van der Waals surface area contributed by atoms with E-state index in [0.717, 1.165) is 25.8 Å². The van der Waals surface area contributed by atoms with Gasteiger partial charge in [0.1, 0.15) is 0 Å². The van der Waals surface area contributed by atoms with Crippen LogP contribution in [-0.2, 0) is 18.3 Å². The number of piperidine rings is 1. The molecule has 2 atom stereocenters. The van der Waals surface area contributed by atoms with Crippen molar-refractivity contribution in [2.75, 3.05) is 18.4 Å². The zero-order valence-corrected chi connectivity index (χ0v) is 14.9. The number of nitrogens with one attached hydrogen (secondary N) is 1. The molecule has 0 spiro atoms. The minimum absolute atomic E-state index is 0.0362. The number of anilines is 1. The second kappa shape index (κ2) is 7.80. The van der Waals surface area contributed by atoms with E-state index in [1.54, 1.807) is 16.9 Å². The lowest BCUT2D eigenvalue weighted by molar-refractivity contribution is -0.119. The van der Waals surface area contributed by atoms with Gasteiger partial charge in [-0.25, -0.2) is 0 Å². The molecule has 2 aromatic rings. The summed E-state index contributed by atoms with van der Waals surface area (Å²) in [4.78, 5) is 14.4. The fourth-order valence-corrected chi connectivity index (χ4v) is 3.38. The molecule has 1 aromatic heterocycles. The van der Waals surface area contributed by atoms with Crippen molar-refractivity contribution in [1.29, 1.82) is 0 Å². The first-order chi connectivity index (χ1) is 12.0. The summed E-state index contributed by atoms with van der Waals surface area (Å²) < 4.78 is 1.65. The molecule has 1 saturated heterocycles. The lowest BCUT2D eigenvalue weighted by Gasteiger charge is -2.38. The first kappa shape index (κ1) is 17.6. The quantitative estimate of drug-likeness (QED) is 0.868. The number of nitrogens with zero attached hydrogens (tertiary/aromatic N) is 3. The van der Waals surface area contributed by atoms with Crippen molar-refractivity contribution >= 4 is 11.7 Å². The molecule has 2 N–H and O–H groups in total. The van der Waals surface area contributed by atoms with Crippen LogP contribution in [0.5, 0.6) is 0 Å². The summed E-state index contributed by atoms with van der Waals surface area (Å²) in [6.07, 6.45) is 3.83. The first-order valence-corrected chi connectivity index (χ1v) is 8.78. The maximum absolute atomic E-state index is 12.4. The fraction of sp³-hybridized carbons (Fsp3) is 0.474. The van der Waals surface area contributed by atoms with E-state index in [1.807, 2.05) is 7.05 Å².